The lowest BCUT2D eigenvalue weighted by atomic mass is 10.1. The van der Waals surface area contributed by atoms with E-state index in [1.54, 1.807) is 41.8 Å². The molecule has 114 valence electrons. The number of nitrogens with one attached hydrogen (secondary N) is 1. The number of carbonyl (C=O) groups excluding carboxylic acids is 3. The number of hydrogen-bond donors (Lipinski definition) is 1. The number of Topliss-reactive ketones (excluding diaryl/α,β-unsaturated/α-hetero) is 1. The van der Waals surface area contributed by atoms with Gasteiger partial charge in [-0.2, -0.15) is 0 Å². The summed E-state index contributed by atoms with van der Waals surface area (Å²) in [5.41, 5.74) is 1.10. The van der Waals surface area contributed by atoms with Crippen molar-refractivity contribution >= 4 is 34.7 Å². The van der Waals surface area contributed by atoms with Crippen molar-refractivity contribution in [3.8, 4) is 0 Å². The van der Waals surface area contributed by atoms with Crippen LogP contribution in [-0.4, -0.2) is 23.8 Å². The van der Waals surface area contributed by atoms with Crippen LogP contribution in [0.4, 0.5) is 5.69 Å². The number of hydrogen-bond acceptors (Lipinski definition) is 5. The molecular weight excluding hydrogens is 302 g/mol. The van der Waals surface area contributed by atoms with Gasteiger partial charge in [-0.25, -0.2) is 4.79 Å². The second-order valence-corrected chi connectivity index (χ2v) is 5.60. The first-order valence-electron chi connectivity index (χ1n) is 6.63. The Morgan fingerprint density at radius 3 is 2.36 bits per heavy atom. The standard InChI is InChI=1S/C16H15NO4S/c1-10(18)12-5-7-13(8-6-12)17-15(19)11(2)21-16(20)14-4-3-9-22-14/h3-9,11H,1-2H3,(H,17,19)/t11-/m1/s1. The average molecular weight is 317 g/mol. The molecule has 5 nitrogen and oxygen atoms in total. The minimum absolute atomic E-state index is 0.0453. The fraction of sp³-hybridized carbons (Fsp3) is 0.188. The third-order valence-corrected chi connectivity index (χ3v) is 3.78. The molecule has 2 aromatic rings. The molecule has 1 amide bonds. The van der Waals surface area contributed by atoms with Crippen LogP contribution in [0.3, 0.4) is 0 Å². The van der Waals surface area contributed by atoms with Crippen molar-refractivity contribution in [3.05, 3.63) is 52.2 Å². The van der Waals surface area contributed by atoms with E-state index in [2.05, 4.69) is 5.32 Å². The zero-order chi connectivity index (χ0) is 16.1. The Kier molecular flexibility index (Phi) is 5.06. The Bertz CT molecular complexity index is 677. The van der Waals surface area contributed by atoms with Crippen molar-refractivity contribution in [2.24, 2.45) is 0 Å². The Hall–Kier alpha value is -2.47. The first-order chi connectivity index (χ1) is 10.5. The molecule has 0 radical (unpaired) electrons. The molecule has 0 bridgehead atoms. The van der Waals surface area contributed by atoms with Crippen molar-refractivity contribution in [1.82, 2.24) is 0 Å². The van der Waals surface area contributed by atoms with E-state index in [4.69, 9.17) is 4.74 Å². The highest BCUT2D eigenvalue weighted by molar-refractivity contribution is 7.11. The van der Waals surface area contributed by atoms with Crippen LogP contribution >= 0.6 is 11.3 Å². The Morgan fingerprint density at radius 2 is 1.82 bits per heavy atom. The largest absolute Gasteiger partial charge is 0.448 e. The third-order valence-electron chi connectivity index (χ3n) is 2.93. The van der Waals surface area contributed by atoms with Crippen LogP contribution in [0.15, 0.2) is 41.8 Å². The zero-order valence-corrected chi connectivity index (χ0v) is 13.0. The molecule has 0 aliphatic carbocycles. The molecule has 1 N–H and O–H groups in total. The van der Waals surface area contributed by atoms with Crippen molar-refractivity contribution < 1.29 is 19.1 Å². The molecule has 0 unspecified atom stereocenters. The highest BCUT2D eigenvalue weighted by atomic mass is 32.1. The monoisotopic (exact) mass is 317 g/mol. The summed E-state index contributed by atoms with van der Waals surface area (Å²) in [5.74, 6) is -0.999. The van der Waals surface area contributed by atoms with E-state index in [-0.39, 0.29) is 5.78 Å². The topological polar surface area (TPSA) is 72.5 Å². The van der Waals surface area contributed by atoms with Crippen molar-refractivity contribution in [2.45, 2.75) is 20.0 Å². The number of rotatable bonds is 5. The molecule has 0 aliphatic heterocycles. The Labute approximate surface area is 131 Å². The number of thiophene rings is 1. The number of carbonyl (C=O) groups is 3. The molecule has 2 rings (SSSR count). The summed E-state index contributed by atoms with van der Waals surface area (Å²) >= 11 is 1.25. The predicted molar refractivity (Wildman–Crippen MR) is 84.3 cm³/mol. The van der Waals surface area contributed by atoms with Crippen LogP contribution in [0, 0.1) is 0 Å². The van der Waals surface area contributed by atoms with Crippen LogP contribution in [0.2, 0.25) is 0 Å². The van der Waals surface area contributed by atoms with Gasteiger partial charge in [0.25, 0.3) is 5.91 Å². The average Bonchev–Trinajstić information content (AvgIpc) is 3.02. The zero-order valence-electron chi connectivity index (χ0n) is 12.2. The maximum absolute atomic E-state index is 12.0. The van der Waals surface area contributed by atoms with Gasteiger partial charge in [-0.15, -0.1) is 11.3 Å². The van der Waals surface area contributed by atoms with Crippen molar-refractivity contribution in [1.29, 1.82) is 0 Å². The van der Waals surface area contributed by atoms with E-state index in [1.165, 1.54) is 25.2 Å². The summed E-state index contributed by atoms with van der Waals surface area (Å²) in [7, 11) is 0. The molecule has 0 saturated carbocycles. The van der Waals surface area contributed by atoms with Gasteiger partial charge < -0.3 is 10.1 Å². The molecular formula is C16H15NO4S. The van der Waals surface area contributed by atoms with Gasteiger partial charge in [0.05, 0.1) is 0 Å². The molecule has 0 spiro atoms. The third kappa shape index (κ3) is 4.02. The molecule has 1 atom stereocenters. The maximum Gasteiger partial charge on any atom is 0.349 e. The fourth-order valence-corrected chi connectivity index (χ4v) is 2.30. The lowest BCUT2D eigenvalue weighted by molar-refractivity contribution is -0.123. The smallest absolute Gasteiger partial charge is 0.349 e. The molecule has 6 heteroatoms. The van der Waals surface area contributed by atoms with E-state index in [0.29, 0.717) is 16.1 Å². The van der Waals surface area contributed by atoms with Gasteiger partial charge in [0, 0.05) is 11.3 Å². The van der Waals surface area contributed by atoms with Crippen LogP contribution in [0.5, 0.6) is 0 Å². The highest BCUT2D eigenvalue weighted by Gasteiger charge is 2.19. The van der Waals surface area contributed by atoms with Gasteiger partial charge in [-0.3, -0.25) is 9.59 Å². The van der Waals surface area contributed by atoms with Crippen LogP contribution in [-0.2, 0) is 9.53 Å². The van der Waals surface area contributed by atoms with E-state index in [0.717, 1.165) is 0 Å². The summed E-state index contributed by atoms with van der Waals surface area (Å²) in [6.45, 7) is 2.98. The number of anilines is 1. The second-order valence-electron chi connectivity index (χ2n) is 4.65. The van der Waals surface area contributed by atoms with Crippen LogP contribution < -0.4 is 5.32 Å². The summed E-state index contributed by atoms with van der Waals surface area (Å²) in [5, 5.41) is 4.40. The molecule has 0 saturated heterocycles. The van der Waals surface area contributed by atoms with Gasteiger partial charge in [-0.05, 0) is 49.6 Å². The SMILES string of the molecule is CC(=O)c1ccc(NC(=O)[C@@H](C)OC(=O)c2cccs2)cc1. The minimum Gasteiger partial charge on any atom is -0.448 e. The predicted octanol–water partition coefficient (Wildman–Crippen LogP) is 3.13. The summed E-state index contributed by atoms with van der Waals surface area (Å²) in [6.07, 6.45) is -0.915. The van der Waals surface area contributed by atoms with Gasteiger partial charge >= 0.3 is 5.97 Å². The molecule has 22 heavy (non-hydrogen) atoms. The van der Waals surface area contributed by atoms with Gasteiger partial charge in [-0.1, -0.05) is 6.07 Å². The number of ketones is 1. The second kappa shape index (κ2) is 7.00. The quantitative estimate of drug-likeness (QED) is 0.679. The van der Waals surface area contributed by atoms with Crippen molar-refractivity contribution in [3.63, 3.8) is 0 Å². The molecule has 1 heterocycles. The van der Waals surface area contributed by atoms with E-state index >= 15 is 0 Å². The Morgan fingerprint density at radius 1 is 1.14 bits per heavy atom. The number of amides is 1. The number of ether oxygens (including phenoxy) is 1. The molecule has 0 aliphatic rings. The van der Waals surface area contributed by atoms with Gasteiger partial charge in [0.15, 0.2) is 11.9 Å². The van der Waals surface area contributed by atoms with E-state index < -0.39 is 18.0 Å². The van der Waals surface area contributed by atoms with Crippen molar-refractivity contribution in [2.75, 3.05) is 5.32 Å². The Balaban J connectivity index is 1.93. The lowest BCUT2D eigenvalue weighted by Crippen LogP contribution is -2.29. The lowest BCUT2D eigenvalue weighted by Gasteiger charge is -2.13. The van der Waals surface area contributed by atoms with Crippen LogP contribution in [0.1, 0.15) is 33.9 Å². The summed E-state index contributed by atoms with van der Waals surface area (Å²) < 4.78 is 5.10. The maximum atomic E-state index is 12.0. The fourth-order valence-electron chi connectivity index (χ4n) is 1.70. The highest BCUT2D eigenvalue weighted by Crippen LogP contribution is 2.13. The van der Waals surface area contributed by atoms with Gasteiger partial charge in [0.1, 0.15) is 4.88 Å². The number of benzene rings is 1. The van der Waals surface area contributed by atoms with Gasteiger partial charge in [0.2, 0.25) is 0 Å². The van der Waals surface area contributed by atoms with E-state index in [9.17, 15) is 14.4 Å². The normalized spacial score (nSPS) is 11.5. The molecule has 1 aromatic heterocycles. The number of esters is 1. The first-order valence-corrected chi connectivity index (χ1v) is 7.51. The first kappa shape index (κ1) is 15.9. The minimum atomic E-state index is -0.915. The summed E-state index contributed by atoms with van der Waals surface area (Å²) in [6, 6.07) is 9.88. The van der Waals surface area contributed by atoms with Crippen LogP contribution in [0.25, 0.3) is 0 Å². The molecule has 1 aromatic carbocycles. The molecule has 0 fully saturated rings. The van der Waals surface area contributed by atoms with E-state index in [1.807, 2.05) is 0 Å². The summed E-state index contributed by atoms with van der Waals surface area (Å²) in [4.78, 5) is 35.4.